The molecule has 0 amide bonds. The van der Waals surface area contributed by atoms with Gasteiger partial charge in [0.1, 0.15) is 0 Å². The third kappa shape index (κ3) is 4.02. The van der Waals surface area contributed by atoms with E-state index in [1.807, 2.05) is 0 Å². The lowest BCUT2D eigenvalue weighted by molar-refractivity contribution is 0.404. The third-order valence-corrected chi connectivity index (χ3v) is 7.37. The van der Waals surface area contributed by atoms with Crippen molar-refractivity contribution in [1.29, 1.82) is 0 Å². The highest BCUT2D eigenvalue weighted by Gasteiger charge is 2.24. The van der Waals surface area contributed by atoms with Crippen molar-refractivity contribution in [1.82, 2.24) is 8.61 Å². The molecule has 0 saturated heterocycles. The summed E-state index contributed by atoms with van der Waals surface area (Å²) < 4.78 is 52.0. The number of benzene rings is 2. The van der Waals surface area contributed by atoms with Gasteiger partial charge >= 0.3 is 0 Å². The fraction of sp³-hybridized carbons (Fsp3) is 0.250. The minimum Gasteiger partial charge on any atom is -0.207 e. The van der Waals surface area contributed by atoms with E-state index in [0.29, 0.717) is 0 Å². The van der Waals surface area contributed by atoms with Gasteiger partial charge in [-0.05, 0) is 24.3 Å². The summed E-state index contributed by atoms with van der Waals surface area (Å²) in [5.41, 5.74) is 0. The summed E-state index contributed by atoms with van der Waals surface area (Å²) >= 11 is 0. The van der Waals surface area contributed by atoms with E-state index in [4.69, 9.17) is 0 Å². The van der Waals surface area contributed by atoms with Crippen molar-refractivity contribution in [3.05, 3.63) is 60.7 Å². The van der Waals surface area contributed by atoms with Crippen molar-refractivity contribution in [3.8, 4) is 0 Å². The highest BCUT2D eigenvalue weighted by atomic mass is 32.2. The molecule has 0 saturated carbocycles. The van der Waals surface area contributed by atoms with Crippen LogP contribution in [0.15, 0.2) is 70.5 Å². The van der Waals surface area contributed by atoms with Crippen LogP contribution in [0.5, 0.6) is 0 Å². The van der Waals surface area contributed by atoms with Crippen LogP contribution in [0.25, 0.3) is 0 Å². The average Bonchev–Trinajstić information content (AvgIpc) is 2.60. The molecule has 0 unspecified atom stereocenters. The van der Waals surface area contributed by atoms with Crippen LogP contribution in [-0.2, 0) is 20.0 Å². The van der Waals surface area contributed by atoms with E-state index in [0.717, 1.165) is 8.61 Å². The van der Waals surface area contributed by atoms with E-state index in [-0.39, 0.29) is 22.9 Å². The van der Waals surface area contributed by atoms with Crippen molar-refractivity contribution in [3.63, 3.8) is 0 Å². The van der Waals surface area contributed by atoms with Gasteiger partial charge in [0.05, 0.1) is 9.79 Å². The Morgan fingerprint density at radius 1 is 0.625 bits per heavy atom. The topological polar surface area (TPSA) is 74.8 Å². The summed E-state index contributed by atoms with van der Waals surface area (Å²) in [7, 11) is -4.39. The maximum atomic E-state index is 12.4. The molecule has 130 valence electrons. The first-order valence-corrected chi connectivity index (χ1v) is 10.2. The predicted molar refractivity (Wildman–Crippen MR) is 92.5 cm³/mol. The molecular weight excluding hydrogens is 348 g/mol. The Labute approximate surface area is 143 Å². The van der Waals surface area contributed by atoms with Gasteiger partial charge in [0.25, 0.3) is 0 Å². The van der Waals surface area contributed by atoms with E-state index >= 15 is 0 Å². The molecule has 0 atom stereocenters. The molecule has 0 spiro atoms. The lowest BCUT2D eigenvalue weighted by Crippen LogP contribution is -2.37. The molecule has 2 aromatic carbocycles. The van der Waals surface area contributed by atoms with Crippen LogP contribution in [0.2, 0.25) is 0 Å². The molecule has 0 aliphatic rings. The van der Waals surface area contributed by atoms with Crippen LogP contribution < -0.4 is 0 Å². The van der Waals surface area contributed by atoms with Gasteiger partial charge < -0.3 is 0 Å². The Balaban J connectivity index is 2.08. The predicted octanol–water partition coefficient (Wildman–Crippen LogP) is 1.63. The van der Waals surface area contributed by atoms with Crippen LogP contribution in [0.1, 0.15) is 0 Å². The van der Waals surface area contributed by atoms with E-state index in [1.54, 1.807) is 36.4 Å². The largest absolute Gasteiger partial charge is 0.242 e. The smallest absolute Gasteiger partial charge is 0.207 e. The number of nitrogens with zero attached hydrogens (tertiary/aromatic N) is 2. The van der Waals surface area contributed by atoms with Crippen molar-refractivity contribution in [2.75, 3.05) is 27.2 Å². The zero-order chi connectivity index (χ0) is 17.8. The summed E-state index contributed by atoms with van der Waals surface area (Å²) in [6.07, 6.45) is 0. The van der Waals surface area contributed by atoms with E-state index in [2.05, 4.69) is 0 Å². The number of sulfonamides is 2. The third-order valence-electron chi connectivity index (χ3n) is 3.63. The second-order valence-electron chi connectivity index (χ2n) is 5.28. The maximum Gasteiger partial charge on any atom is 0.242 e. The van der Waals surface area contributed by atoms with Gasteiger partial charge in [0.2, 0.25) is 20.0 Å². The molecule has 0 heterocycles. The number of hydrogen-bond donors (Lipinski definition) is 0. The minimum atomic E-state index is -3.63. The van der Waals surface area contributed by atoms with Crippen LogP contribution >= 0.6 is 0 Å². The number of rotatable bonds is 7. The second kappa shape index (κ2) is 7.43. The van der Waals surface area contributed by atoms with Crippen LogP contribution in [0.4, 0.5) is 0 Å². The van der Waals surface area contributed by atoms with Crippen LogP contribution in [0, 0.1) is 0 Å². The van der Waals surface area contributed by atoms with E-state index in [1.165, 1.54) is 38.4 Å². The van der Waals surface area contributed by atoms with Gasteiger partial charge in [-0.1, -0.05) is 36.4 Å². The monoisotopic (exact) mass is 368 g/mol. The molecule has 0 aliphatic carbocycles. The van der Waals surface area contributed by atoms with Gasteiger partial charge in [-0.3, -0.25) is 0 Å². The molecule has 0 aliphatic heterocycles. The zero-order valence-electron chi connectivity index (χ0n) is 13.5. The number of likely N-dealkylation sites (N-methyl/N-ethyl adjacent to an activating group) is 2. The van der Waals surface area contributed by atoms with Gasteiger partial charge in [0, 0.05) is 27.2 Å². The van der Waals surface area contributed by atoms with Crippen molar-refractivity contribution >= 4 is 20.0 Å². The molecule has 6 nitrogen and oxygen atoms in total. The van der Waals surface area contributed by atoms with Crippen molar-refractivity contribution in [2.24, 2.45) is 0 Å². The normalized spacial score (nSPS) is 12.7. The van der Waals surface area contributed by atoms with Gasteiger partial charge in [0.15, 0.2) is 0 Å². The molecule has 0 bridgehead atoms. The standard InChI is InChI=1S/C16H20N2O4S2/c1-17(23(19,20)15-9-5-3-6-10-15)13-14-18(2)24(21,22)16-11-7-4-8-12-16/h3-12H,13-14H2,1-2H3. The molecule has 0 radical (unpaired) electrons. The first kappa shape index (κ1) is 18.6. The molecule has 0 N–H and O–H groups in total. The summed E-state index contributed by atoms with van der Waals surface area (Å²) in [6.45, 7) is 0.111. The van der Waals surface area contributed by atoms with E-state index < -0.39 is 20.0 Å². The molecule has 0 aromatic heterocycles. The Morgan fingerprint density at radius 2 is 0.917 bits per heavy atom. The van der Waals surface area contributed by atoms with E-state index in [9.17, 15) is 16.8 Å². The fourth-order valence-electron chi connectivity index (χ4n) is 2.07. The van der Waals surface area contributed by atoms with Crippen molar-refractivity contribution < 1.29 is 16.8 Å². The first-order valence-electron chi connectivity index (χ1n) is 7.29. The summed E-state index contributed by atoms with van der Waals surface area (Å²) in [6, 6.07) is 16.1. The van der Waals surface area contributed by atoms with Gasteiger partial charge in [-0.25, -0.2) is 16.8 Å². The van der Waals surface area contributed by atoms with Gasteiger partial charge in [-0.2, -0.15) is 8.61 Å². The highest BCUT2D eigenvalue weighted by Crippen LogP contribution is 2.15. The van der Waals surface area contributed by atoms with Crippen molar-refractivity contribution in [2.45, 2.75) is 9.79 Å². The Morgan fingerprint density at radius 3 is 1.21 bits per heavy atom. The Hall–Kier alpha value is -1.74. The molecule has 8 heteroatoms. The second-order valence-corrected chi connectivity index (χ2v) is 9.37. The fourth-order valence-corrected chi connectivity index (χ4v) is 4.43. The Kier molecular flexibility index (Phi) is 5.76. The van der Waals surface area contributed by atoms with Crippen LogP contribution in [0.3, 0.4) is 0 Å². The molecule has 2 rings (SSSR count). The lowest BCUT2D eigenvalue weighted by atomic mass is 10.4. The summed E-state index contributed by atoms with van der Waals surface area (Å²) in [4.78, 5) is 0.363. The molecule has 24 heavy (non-hydrogen) atoms. The summed E-state index contributed by atoms with van der Waals surface area (Å²) in [5.74, 6) is 0. The SMILES string of the molecule is CN(CCN(C)S(=O)(=O)c1ccccc1)S(=O)(=O)c1ccccc1. The minimum absolute atomic E-state index is 0.0553. The number of hydrogen-bond acceptors (Lipinski definition) is 4. The molecule has 0 fully saturated rings. The first-order chi connectivity index (χ1) is 11.3. The van der Waals surface area contributed by atoms with Gasteiger partial charge in [-0.15, -0.1) is 0 Å². The molecule has 2 aromatic rings. The summed E-state index contributed by atoms with van der Waals surface area (Å²) in [5, 5.41) is 0. The lowest BCUT2D eigenvalue weighted by Gasteiger charge is -2.22. The quantitative estimate of drug-likeness (QED) is 0.744. The zero-order valence-corrected chi connectivity index (χ0v) is 15.2. The highest BCUT2D eigenvalue weighted by molar-refractivity contribution is 7.89. The van der Waals surface area contributed by atoms with Crippen LogP contribution in [-0.4, -0.2) is 52.6 Å². The molecular formula is C16H20N2O4S2. The average molecular weight is 368 g/mol. The maximum absolute atomic E-state index is 12.4. The Bertz CT molecular complexity index is 791.